The zero-order valence-electron chi connectivity index (χ0n) is 19.0. The van der Waals surface area contributed by atoms with E-state index in [0.717, 1.165) is 13.1 Å². The van der Waals surface area contributed by atoms with E-state index >= 15 is 0 Å². The molecule has 1 atom stereocenters. The number of rotatable bonds is 3. The second kappa shape index (κ2) is 11.4. The summed E-state index contributed by atoms with van der Waals surface area (Å²) in [4.78, 5) is 4.76. The van der Waals surface area contributed by atoms with Crippen LogP contribution < -0.4 is 20.4 Å². The van der Waals surface area contributed by atoms with Gasteiger partial charge in [-0.2, -0.15) is 0 Å². The molecule has 2 aromatic carbocycles. The van der Waals surface area contributed by atoms with E-state index in [-0.39, 0.29) is 6.17 Å². The molecule has 2 heterocycles. The van der Waals surface area contributed by atoms with Gasteiger partial charge in [-0.3, -0.25) is 0 Å². The smallest absolute Gasteiger partial charge is 0.150 e. The quantitative estimate of drug-likeness (QED) is 0.687. The topological polar surface area (TPSA) is 30.5 Å². The first-order chi connectivity index (χ1) is 14.2. The molecule has 2 aliphatic rings. The molecular formula is C25H38N4. The highest BCUT2D eigenvalue weighted by Gasteiger charge is 2.39. The standard InChI is InChI=1S/C19H22N4.C4H10.C2H6/c1-14-8-6-7-11-17(14)23-15(2)22(16-9-4-3-5-10-16)18-19(23)21-13-12-20-18;1-3-4-2;1-2/h3-11,15,20-21H,12-13H2,1-2H3;3-4H2,1-2H3;1-2H3. The molecule has 0 radical (unpaired) electrons. The third kappa shape index (κ3) is 5.06. The van der Waals surface area contributed by atoms with Gasteiger partial charge >= 0.3 is 0 Å². The minimum absolute atomic E-state index is 0.210. The lowest BCUT2D eigenvalue weighted by Gasteiger charge is -2.32. The maximum atomic E-state index is 3.59. The van der Waals surface area contributed by atoms with Crippen LogP contribution in [0.1, 0.15) is 53.0 Å². The molecule has 0 fully saturated rings. The molecule has 0 saturated heterocycles. The average molecular weight is 395 g/mol. The largest absolute Gasteiger partial charge is 0.367 e. The molecule has 2 N–H and O–H groups in total. The van der Waals surface area contributed by atoms with Crippen LogP contribution in [0.4, 0.5) is 11.4 Å². The van der Waals surface area contributed by atoms with Gasteiger partial charge in [-0.05, 0) is 37.6 Å². The molecular weight excluding hydrogens is 356 g/mol. The number of hydrogen-bond acceptors (Lipinski definition) is 4. The van der Waals surface area contributed by atoms with Crippen LogP contribution >= 0.6 is 0 Å². The lowest BCUT2D eigenvalue weighted by atomic mass is 10.1. The zero-order chi connectivity index (χ0) is 21.2. The number of unbranched alkanes of at least 4 members (excludes halogenated alkanes) is 1. The minimum atomic E-state index is 0.210. The van der Waals surface area contributed by atoms with Crippen molar-refractivity contribution in [2.45, 2.75) is 60.5 Å². The Morgan fingerprint density at radius 1 is 0.793 bits per heavy atom. The van der Waals surface area contributed by atoms with E-state index in [1.807, 2.05) is 13.8 Å². The van der Waals surface area contributed by atoms with Gasteiger partial charge in [-0.15, -0.1) is 0 Å². The molecule has 4 rings (SSSR count). The molecule has 0 amide bonds. The fourth-order valence-electron chi connectivity index (χ4n) is 3.51. The van der Waals surface area contributed by atoms with Crippen molar-refractivity contribution in [1.82, 2.24) is 10.6 Å². The van der Waals surface area contributed by atoms with Gasteiger partial charge in [0.1, 0.15) is 17.8 Å². The fraction of sp³-hybridized carbons (Fsp3) is 0.440. The van der Waals surface area contributed by atoms with Gasteiger partial charge in [-0.25, -0.2) is 0 Å². The van der Waals surface area contributed by atoms with Crippen LogP contribution in [0.25, 0.3) is 0 Å². The number of hydrogen-bond donors (Lipinski definition) is 2. The second-order valence-corrected chi connectivity index (χ2v) is 7.04. The molecule has 29 heavy (non-hydrogen) atoms. The van der Waals surface area contributed by atoms with E-state index in [2.05, 4.69) is 103 Å². The predicted molar refractivity (Wildman–Crippen MR) is 127 cm³/mol. The Bertz CT molecular complexity index is 767. The summed E-state index contributed by atoms with van der Waals surface area (Å²) in [5, 5.41) is 7.17. The Labute approximate surface area is 177 Å². The van der Waals surface area contributed by atoms with Crippen LogP contribution in [0.5, 0.6) is 0 Å². The highest BCUT2D eigenvalue weighted by molar-refractivity contribution is 5.68. The molecule has 158 valence electrons. The SMILES string of the molecule is CC.CCCC.Cc1ccccc1N1C2=C(NCCN2)N(c2ccccc2)C1C. The van der Waals surface area contributed by atoms with E-state index in [1.165, 1.54) is 41.4 Å². The van der Waals surface area contributed by atoms with Crippen molar-refractivity contribution in [2.24, 2.45) is 0 Å². The van der Waals surface area contributed by atoms with E-state index in [1.54, 1.807) is 0 Å². The fourth-order valence-corrected chi connectivity index (χ4v) is 3.51. The molecule has 0 saturated carbocycles. The Balaban J connectivity index is 0.000000449. The number of nitrogens with one attached hydrogen (secondary N) is 2. The monoisotopic (exact) mass is 394 g/mol. The van der Waals surface area contributed by atoms with Crippen LogP contribution in [0.3, 0.4) is 0 Å². The molecule has 0 bridgehead atoms. The first kappa shape index (κ1) is 22.7. The normalized spacial score (nSPS) is 17.2. The first-order valence-corrected chi connectivity index (χ1v) is 11.1. The van der Waals surface area contributed by atoms with Crippen molar-refractivity contribution in [3.05, 3.63) is 71.8 Å². The minimum Gasteiger partial charge on any atom is -0.367 e. The van der Waals surface area contributed by atoms with E-state index in [4.69, 9.17) is 0 Å². The Hall–Kier alpha value is -2.62. The summed E-state index contributed by atoms with van der Waals surface area (Å²) >= 11 is 0. The van der Waals surface area contributed by atoms with Gasteiger partial charge in [0.15, 0.2) is 0 Å². The maximum Gasteiger partial charge on any atom is 0.150 e. The summed E-state index contributed by atoms with van der Waals surface area (Å²) in [6, 6.07) is 19.1. The summed E-state index contributed by atoms with van der Waals surface area (Å²) in [6.07, 6.45) is 2.85. The van der Waals surface area contributed by atoms with Gasteiger partial charge < -0.3 is 20.4 Å². The first-order valence-electron chi connectivity index (χ1n) is 11.1. The molecule has 4 heteroatoms. The van der Waals surface area contributed by atoms with E-state index in [9.17, 15) is 0 Å². The van der Waals surface area contributed by atoms with E-state index in [0.29, 0.717) is 0 Å². The van der Waals surface area contributed by atoms with Crippen molar-refractivity contribution in [2.75, 3.05) is 22.9 Å². The van der Waals surface area contributed by atoms with Crippen LogP contribution in [-0.4, -0.2) is 19.3 Å². The lowest BCUT2D eigenvalue weighted by molar-refractivity contribution is 0.648. The van der Waals surface area contributed by atoms with Gasteiger partial charge in [-0.1, -0.05) is 76.9 Å². The number of aryl methyl sites for hydroxylation is 1. The Kier molecular flexibility index (Phi) is 8.91. The average Bonchev–Trinajstić information content (AvgIpc) is 3.08. The summed E-state index contributed by atoms with van der Waals surface area (Å²) in [7, 11) is 0. The van der Waals surface area contributed by atoms with Crippen molar-refractivity contribution in [1.29, 1.82) is 0 Å². The van der Waals surface area contributed by atoms with Crippen molar-refractivity contribution in [3.8, 4) is 0 Å². The molecule has 0 aromatic heterocycles. The molecule has 2 aliphatic heterocycles. The molecule has 0 spiro atoms. The number of nitrogens with zero attached hydrogens (tertiary/aromatic N) is 2. The highest BCUT2D eigenvalue weighted by Crippen LogP contribution is 2.37. The van der Waals surface area contributed by atoms with Crippen LogP contribution in [0.15, 0.2) is 66.2 Å². The number of anilines is 2. The van der Waals surface area contributed by atoms with Crippen molar-refractivity contribution in [3.63, 3.8) is 0 Å². The zero-order valence-corrected chi connectivity index (χ0v) is 19.0. The van der Waals surface area contributed by atoms with Crippen molar-refractivity contribution >= 4 is 11.4 Å². The predicted octanol–water partition coefficient (Wildman–Crippen LogP) is 5.82. The summed E-state index contributed by atoms with van der Waals surface area (Å²) in [5.74, 6) is 2.33. The molecule has 1 unspecified atom stereocenters. The number of para-hydroxylation sites is 2. The van der Waals surface area contributed by atoms with Gasteiger partial charge in [0, 0.05) is 24.5 Å². The van der Waals surface area contributed by atoms with Gasteiger partial charge in [0.25, 0.3) is 0 Å². The Morgan fingerprint density at radius 2 is 1.31 bits per heavy atom. The summed E-state index contributed by atoms with van der Waals surface area (Å²) in [5.41, 5.74) is 3.75. The van der Waals surface area contributed by atoms with Gasteiger partial charge in [0.2, 0.25) is 0 Å². The number of benzene rings is 2. The highest BCUT2D eigenvalue weighted by atomic mass is 15.5. The lowest BCUT2D eigenvalue weighted by Crippen LogP contribution is -2.40. The maximum absolute atomic E-state index is 3.59. The van der Waals surface area contributed by atoms with Crippen LogP contribution in [0.2, 0.25) is 0 Å². The summed E-state index contributed by atoms with van der Waals surface area (Å²) in [6.45, 7) is 14.7. The third-order valence-corrected chi connectivity index (χ3v) is 5.07. The van der Waals surface area contributed by atoms with E-state index < -0.39 is 0 Å². The second-order valence-electron chi connectivity index (χ2n) is 7.04. The van der Waals surface area contributed by atoms with Gasteiger partial charge in [0.05, 0.1) is 0 Å². The van der Waals surface area contributed by atoms with Crippen molar-refractivity contribution < 1.29 is 0 Å². The molecule has 0 aliphatic carbocycles. The van der Waals surface area contributed by atoms with Crippen LogP contribution in [-0.2, 0) is 0 Å². The van der Waals surface area contributed by atoms with Crippen LogP contribution in [0, 0.1) is 6.92 Å². The summed E-state index contributed by atoms with van der Waals surface area (Å²) < 4.78 is 0. The molecule has 4 nitrogen and oxygen atoms in total. The third-order valence-electron chi connectivity index (χ3n) is 5.07. The molecule has 2 aromatic rings. The Morgan fingerprint density at radius 3 is 1.86 bits per heavy atom.